The number of nitrogens with zero attached hydrogens (tertiary/aromatic N) is 1. The van der Waals surface area contributed by atoms with E-state index in [-0.39, 0.29) is 18.4 Å². The van der Waals surface area contributed by atoms with Gasteiger partial charge in [-0.05, 0) is 53.4 Å². The molecule has 1 N–H and O–H groups in total. The minimum Gasteiger partial charge on any atom is -0.497 e. The summed E-state index contributed by atoms with van der Waals surface area (Å²) in [5, 5.41) is 3.00. The molecule has 0 aromatic heterocycles. The maximum atomic E-state index is 13.0. The highest BCUT2D eigenvalue weighted by atomic mass is 16.5. The topological polar surface area (TPSA) is 77.1 Å². The molecule has 0 aliphatic rings. The molecule has 2 amide bonds. The first-order chi connectivity index (χ1) is 17.0. The monoisotopic (exact) mass is 476 g/mol. The Labute approximate surface area is 206 Å². The molecule has 35 heavy (non-hydrogen) atoms. The highest BCUT2D eigenvalue weighted by molar-refractivity contribution is 5.79. The molecule has 3 aromatic carbocycles. The van der Waals surface area contributed by atoms with Gasteiger partial charge in [0.25, 0.3) is 0 Å². The fourth-order valence-corrected chi connectivity index (χ4v) is 3.80. The summed E-state index contributed by atoms with van der Waals surface area (Å²) in [6.07, 6.45) is 0.149. The lowest BCUT2D eigenvalue weighted by Crippen LogP contribution is -2.39. The summed E-state index contributed by atoms with van der Waals surface area (Å²) < 4.78 is 15.9. The van der Waals surface area contributed by atoms with Crippen LogP contribution in [0, 0.1) is 0 Å². The Kier molecular flexibility index (Phi) is 9.12. The molecule has 7 nitrogen and oxygen atoms in total. The second-order valence-corrected chi connectivity index (χ2v) is 7.97. The zero-order valence-electron chi connectivity index (χ0n) is 20.7. The van der Waals surface area contributed by atoms with Crippen LogP contribution in [0.5, 0.6) is 11.5 Å². The van der Waals surface area contributed by atoms with Gasteiger partial charge < -0.3 is 24.4 Å². The first kappa shape index (κ1) is 25.6. The fraction of sp³-hybridized carbons (Fsp3) is 0.286. The summed E-state index contributed by atoms with van der Waals surface area (Å²) in [5.74, 6) is 1.02. The number of hydrogen-bond donors (Lipinski definition) is 1. The van der Waals surface area contributed by atoms with E-state index in [2.05, 4.69) is 5.32 Å². The Balaban J connectivity index is 1.92. The molecule has 0 unspecified atom stereocenters. The van der Waals surface area contributed by atoms with Crippen LogP contribution >= 0.6 is 0 Å². The Morgan fingerprint density at radius 3 is 2.29 bits per heavy atom. The molecular weight excluding hydrogens is 444 g/mol. The molecule has 0 saturated heterocycles. The lowest BCUT2D eigenvalue weighted by molar-refractivity contribution is -0.139. The van der Waals surface area contributed by atoms with Crippen LogP contribution in [0.1, 0.15) is 23.6 Å². The van der Waals surface area contributed by atoms with Crippen molar-refractivity contribution in [2.24, 2.45) is 0 Å². The second-order valence-electron chi connectivity index (χ2n) is 7.97. The normalized spacial score (nSPS) is 10.4. The van der Waals surface area contributed by atoms with Crippen molar-refractivity contribution in [2.45, 2.75) is 26.4 Å². The third-order valence-electron chi connectivity index (χ3n) is 5.76. The minimum absolute atomic E-state index is 0.149. The van der Waals surface area contributed by atoms with Crippen LogP contribution in [0.2, 0.25) is 0 Å². The Morgan fingerprint density at radius 2 is 1.63 bits per heavy atom. The molecule has 0 saturated carbocycles. The number of rotatable bonds is 10. The maximum absolute atomic E-state index is 13.0. The van der Waals surface area contributed by atoms with Crippen LogP contribution in [-0.4, -0.2) is 44.8 Å². The summed E-state index contributed by atoms with van der Waals surface area (Å²) in [5.41, 5.74) is 4.44. The number of amides is 2. The van der Waals surface area contributed by atoms with Crippen LogP contribution < -0.4 is 14.8 Å². The number of methoxy groups -OCH3 is 3. The predicted molar refractivity (Wildman–Crippen MR) is 135 cm³/mol. The van der Waals surface area contributed by atoms with Gasteiger partial charge in [-0.15, -0.1) is 0 Å². The number of hydrogen-bond acceptors (Lipinski definition) is 5. The van der Waals surface area contributed by atoms with E-state index in [1.807, 2.05) is 73.7 Å². The van der Waals surface area contributed by atoms with Gasteiger partial charge in [-0.3, -0.25) is 4.79 Å². The molecule has 7 heteroatoms. The van der Waals surface area contributed by atoms with Crippen molar-refractivity contribution in [1.82, 2.24) is 10.2 Å². The highest BCUT2D eigenvalue weighted by Crippen LogP contribution is 2.36. The number of esters is 1. The number of nitrogens with one attached hydrogen (secondary N) is 1. The standard InChI is InChI=1S/C28H32N2O5/c1-5-30(28(32)29-18-20-9-7-6-8-10-20)19-22-12-13-23(33-2)17-24(22)25-15-21(16-27(31)35-4)11-14-26(25)34-3/h6-15,17H,5,16,18-19H2,1-4H3,(H,29,32). The summed E-state index contributed by atoms with van der Waals surface area (Å²) >= 11 is 0. The highest BCUT2D eigenvalue weighted by Gasteiger charge is 2.18. The average molecular weight is 477 g/mol. The zero-order valence-corrected chi connectivity index (χ0v) is 20.7. The summed E-state index contributed by atoms with van der Waals surface area (Å²) in [4.78, 5) is 26.6. The largest absolute Gasteiger partial charge is 0.497 e. The van der Waals surface area contributed by atoms with E-state index >= 15 is 0 Å². The van der Waals surface area contributed by atoms with Crippen molar-refractivity contribution in [3.63, 3.8) is 0 Å². The van der Waals surface area contributed by atoms with E-state index in [1.54, 1.807) is 19.1 Å². The second kappa shape index (κ2) is 12.5. The van der Waals surface area contributed by atoms with Gasteiger partial charge in [0.2, 0.25) is 0 Å². The van der Waals surface area contributed by atoms with Crippen LogP contribution in [0.25, 0.3) is 11.1 Å². The van der Waals surface area contributed by atoms with Crippen molar-refractivity contribution in [2.75, 3.05) is 27.9 Å². The van der Waals surface area contributed by atoms with Crippen LogP contribution in [-0.2, 0) is 29.0 Å². The lowest BCUT2D eigenvalue weighted by atomic mass is 9.95. The van der Waals surface area contributed by atoms with Gasteiger partial charge in [0, 0.05) is 25.2 Å². The third-order valence-corrected chi connectivity index (χ3v) is 5.76. The Hall–Kier alpha value is -4.00. The third kappa shape index (κ3) is 6.76. The van der Waals surface area contributed by atoms with Crippen LogP contribution in [0.3, 0.4) is 0 Å². The van der Waals surface area contributed by atoms with Crippen LogP contribution in [0.15, 0.2) is 66.7 Å². The fourth-order valence-electron chi connectivity index (χ4n) is 3.80. The van der Waals surface area contributed by atoms with E-state index in [1.165, 1.54) is 7.11 Å². The van der Waals surface area contributed by atoms with E-state index in [0.29, 0.717) is 31.1 Å². The number of ether oxygens (including phenoxy) is 3. The first-order valence-corrected chi connectivity index (χ1v) is 11.5. The number of carbonyl (C=O) groups excluding carboxylic acids is 2. The van der Waals surface area contributed by atoms with Gasteiger partial charge >= 0.3 is 12.0 Å². The number of carbonyl (C=O) groups is 2. The molecule has 0 heterocycles. The molecule has 0 aliphatic heterocycles. The molecule has 0 aliphatic carbocycles. The maximum Gasteiger partial charge on any atom is 0.317 e. The molecule has 0 fully saturated rings. The molecule has 0 bridgehead atoms. The van der Waals surface area contributed by atoms with E-state index in [0.717, 1.165) is 27.8 Å². The Bertz CT molecular complexity index is 1150. The number of benzene rings is 3. The minimum atomic E-state index is -0.320. The lowest BCUT2D eigenvalue weighted by Gasteiger charge is -2.24. The van der Waals surface area contributed by atoms with E-state index in [9.17, 15) is 9.59 Å². The summed E-state index contributed by atoms with van der Waals surface area (Å²) in [6.45, 7) is 3.32. The van der Waals surface area contributed by atoms with Gasteiger partial charge in [0.1, 0.15) is 11.5 Å². The average Bonchev–Trinajstić information content (AvgIpc) is 2.90. The quantitative estimate of drug-likeness (QED) is 0.425. The van der Waals surface area contributed by atoms with Crippen molar-refractivity contribution in [1.29, 1.82) is 0 Å². The zero-order chi connectivity index (χ0) is 25.2. The van der Waals surface area contributed by atoms with Gasteiger partial charge in [0.15, 0.2) is 0 Å². The number of urea groups is 1. The molecule has 3 aromatic rings. The van der Waals surface area contributed by atoms with Gasteiger partial charge in [-0.25, -0.2) is 4.79 Å². The smallest absolute Gasteiger partial charge is 0.317 e. The molecule has 3 rings (SSSR count). The molecule has 0 radical (unpaired) electrons. The molecule has 184 valence electrons. The van der Waals surface area contributed by atoms with Gasteiger partial charge in [-0.1, -0.05) is 42.5 Å². The molecule has 0 spiro atoms. The first-order valence-electron chi connectivity index (χ1n) is 11.5. The summed E-state index contributed by atoms with van der Waals surface area (Å²) in [6, 6.07) is 21.0. The molecular formula is C28H32N2O5. The van der Waals surface area contributed by atoms with Crippen molar-refractivity contribution >= 4 is 12.0 Å². The van der Waals surface area contributed by atoms with Crippen molar-refractivity contribution in [3.05, 3.63) is 83.4 Å². The van der Waals surface area contributed by atoms with Crippen LogP contribution in [0.4, 0.5) is 4.79 Å². The Morgan fingerprint density at radius 1 is 0.857 bits per heavy atom. The molecule has 0 atom stereocenters. The summed E-state index contributed by atoms with van der Waals surface area (Å²) in [7, 11) is 4.59. The van der Waals surface area contributed by atoms with Crippen molar-refractivity contribution < 1.29 is 23.8 Å². The van der Waals surface area contributed by atoms with Gasteiger partial charge in [0.05, 0.1) is 27.8 Å². The van der Waals surface area contributed by atoms with Crippen molar-refractivity contribution in [3.8, 4) is 22.6 Å². The van der Waals surface area contributed by atoms with E-state index < -0.39 is 0 Å². The SMILES string of the molecule is CCN(Cc1ccc(OC)cc1-c1cc(CC(=O)OC)ccc1OC)C(=O)NCc1ccccc1. The van der Waals surface area contributed by atoms with Gasteiger partial charge in [-0.2, -0.15) is 0 Å². The van der Waals surface area contributed by atoms with E-state index in [4.69, 9.17) is 14.2 Å². The predicted octanol–water partition coefficient (Wildman–Crippen LogP) is 4.82.